The highest BCUT2D eigenvalue weighted by molar-refractivity contribution is 6.00. The smallest absolute Gasteiger partial charge is 0.407 e. The monoisotopic (exact) mass is 741 g/mol. The van der Waals surface area contributed by atoms with Crippen molar-refractivity contribution >= 4 is 46.5 Å². The number of esters is 2. The van der Waals surface area contributed by atoms with Gasteiger partial charge in [-0.1, -0.05) is 32.1 Å². The van der Waals surface area contributed by atoms with Crippen LogP contribution < -0.4 is 10.6 Å². The Balaban J connectivity index is 1.24. The fourth-order valence-corrected chi connectivity index (χ4v) is 8.06. The van der Waals surface area contributed by atoms with E-state index in [9.17, 15) is 28.4 Å². The van der Waals surface area contributed by atoms with Gasteiger partial charge in [0.05, 0.1) is 11.5 Å². The molecule has 3 atom stereocenters. The van der Waals surface area contributed by atoms with Gasteiger partial charge in [-0.05, 0) is 116 Å². The summed E-state index contributed by atoms with van der Waals surface area (Å²) in [5, 5.41) is 6.30. The maximum absolute atomic E-state index is 14.2. The molecule has 2 heterocycles. The molecule has 2 N–H and O–H groups in total. The number of furan rings is 1. The van der Waals surface area contributed by atoms with E-state index in [2.05, 4.69) is 10.6 Å². The van der Waals surface area contributed by atoms with Crippen LogP contribution in [0, 0.1) is 29.1 Å². The van der Waals surface area contributed by atoms with Crippen LogP contribution in [0.25, 0.3) is 11.0 Å². The molecule has 0 radical (unpaired) electrons. The number of fused-ring (bicyclic) bond motifs is 1. The van der Waals surface area contributed by atoms with E-state index in [1.807, 2.05) is 0 Å². The van der Waals surface area contributed by atoms with Crippen molar-refractivity contribution in [3.05, 3.63) is 30.0 Å². The first kappa shape index (κ1) is 40.0. The van der Waals surface area contributed by atoms with E-state index in [0.29, 0.717) is 54.8 Å². The number of ether oxygens (including phenoxy) is 3. The first-order valence-corrected chi connectivity index (χ1v) is 19.1. The number of rotatable bonds is 10. The number of carbonyl (C=O) groups is 5. The first-order chi connectivity index (χ1) is 25.0. The third-order valence-electron chi connectivity index (χ3n) is 10.8. The van der Waals surface area contributed by atoms with E-state index in [1.165, 1.54) is 12.5 Å². The third-order valence-corrected chi connectivity index (χ3v) is 10.8. The molecule has 292 valence electrons. The zero-order chi connectivity index (χ0) is 38.5. The molecule has 1 saturated heterocycles. The summed E-state index contributed by atoms with van der Waals surface area (Å²) in [6.07, 6.45) is 7.85. The maximum Gasteiger partial charge on any atom is 0.407 e. The van der Waals surface area contributed by atoms with Crippen molar-refractivity contribution in [1.29, 1.82) is 0 Å². The predicted octanol–water partition coefficient (Wildman–Crippen LogP) is 7.54. The Morgan fingerprint density at radius 3 is 2.25 bits per heavy atom. The van der Waals surface area contributed by atoms with Crippen molar-refractivity contribution in [3.8, 4) is 0 Å². The molecule has 3 amide bonds. The minimum atomic E-state index is -0.794. The van der Waals surface area contributed by atoms with Gasteiger partial charge in [-0.3, -0.25) is 14.4 Å². The number of hydrogen-bond acceptors (Lipinski definition) is 9. The molecular formula is C40H56FN3O9. The Morgan fingerprint density at radius 1 is 0.906 bits per heavy atom. The van der Waals surface area contributed by atoms with Crippen LogP contribution in [0.1, 0.15) is 116 Å². The van der Waals surface area contributed by atoms with Gasteiger partial charge in [0.1, 0.15) is 23.9 Å². The maximum atomic E-state index is 14.2. The van der Waals surface area contributed by atoms with Crippen molar-refractivity contribution in [2.75, 3.05) is 25.3 Å². The Morgan fingerprint density at radius 2 is 1.60 bits per heavy atom. The molecule has 2 saturated carbocycles. The molecule has 13 heteroatoms. The second-order valence-corrected chi connectivity index (χ2v) is 16.9. The van der Waals surface area contributed by atoms with Crippen LogP contribution in [-0.4, -0.2) is 72.4 Å². The predicted molar refractivity (Wildman–Crippen MR) is 195 cm³/mol. The minimum absolute atomic E-state index is 0.0379. The van der Waals surface area contributed by atoms with Crippen molar-refractivity contribution < 1.29 is 47.0 Å². The number of alkyl carbamates (subject to hydrolysis) is 1. The Labute approximate surface area is 311 Å². The first-order valence-electron chi connectivity index (χ1n) is 19.1. The summed E-state index contributed by atoms with van der Waals surface area (Å²) in [4.78, 5) is 67.1. The molecule has 3 fully saturated rings. The molecule has 3 aliphatic rings. The number of likely N-dealkylation sites (tertiary alicyclic amines) is 1. The van der Waals surface area contributed by atoms with E-state index < -0.39 is 54.6 Å². The lowest BCUT2D eigenvalue weighted by Crippen LogP contribution is -2.50. The number of benzene rings is 1. The van der Waals surface area contributed by atoms with Gasteiger partial charge in [0, 0.05) is 23.5 Å². The van der Waals surface area contributed by atoms with Gasteiger partial charge in [0.25, 0.3) is 0 Å². The highest BCUT2D eigenvalue weighted by Gasteiger charge is 2.47. The van der Waals surface area contributed by atoms with Gasteiger partial charge in [-0.2, -0.15) is 0 Å². The Bertz CT molecular complexity index is 1630. The van der Waals surface area contributed by atoms with Crippen LogP contribution in [0.2, 0.25) is 0 Å². The highest BCUT2D eigenvalue weighted by Crippen LogP contribution is 2.41. The van der Waals surface area contributed by atoms with Crippen LogP contribution in [0.3, 0.4) is 0 Å². The molecule has 0 spiro atoms. The van der Waals surface area contributed by atoms with Crippen LogP contribution in [0.5, 0.6) is 0 Å². The standard InChI is InChI=1S/C40H56FN3O9/c1-39(2,3)37(48)51-23-50-36(47)32-21-27-20-28(16-17-31(27)52-32)42-34(45)33-29(24-10-8-7-9-11-24)18-19-44(33)35(46)26-14-12-25(13-15-26)30(22-41)43-38(49)53-40(4,5)6/h16-17,20-21,24-26,29-30,33H,7-15,18-19,22-23H2,1-6H3,(H,42,45)(H,43,49)/t25-,26-,29-,30?,33-/m0/s1. The molecule has 1 aromatic carbocycles. The Hall–Kier alpha value is -4.16. The molecule has 1 aliphatic heterocycles. The normalized spacial score (nSPS) is 23.3. The molecule has 1 aromatic heterocycles. The molecule has 2 aliphatic carbocycles. The molecule has 2 aromatic rings. The van der Waals surface area contributed by atoms with Crippen molar-refractivity contribution in [3.63, 3.8) is 0 Å². The van der Waals surface area contributed by atoms with E-state index in [1.54, 1.807) is 64.6 Å². The van der Waals surface area contributed by atoms with E-state index in [0.717, 1.165) is 32.1 Å². The fraction of sp³-hybridized carbons (Fsp3) is 0.675. The van der Waals surface area contributed by atoms with Gasteiger partial charge >= 0.3 is 18.0 Å². The van der Waals surface area contributed by atoms with E-state index in [-0.39, 0.29) is 35.3 Å². The van der Waals surface area contributed by atoms with Gasteiger partial charge < -0.3 is 34.2 Å². The average molecular weight is 742 g/mol. The topological polar surface area (TPSA) is 153 Å². The van der Waals surface area contributed by atoms with Crippen molar-refractivity contribution in [2.24, 2.45) is 29.1 Å². The van der Waals surface area contributed by atoms with Crippen LogP contribution in [0.4, 0.5) is 14.9 Å². The number of nitrogens with one attached hydrogen (secondary N) is 2. The zero-order valence-electron chi connectivity index (χ0n) is 32.0. The lowest BCUT2D eigenvalue weighted by molar-refractivity contribution is -0.161. The second-order valence-electron chi connectivity index (χ2n) is 16.9. The van der Waals surface area contributed by atoms with Gasteiger partial charge in [0.2, 0.25) is 24.4 Å². The average Bonchev–Trinajstić information content (AvgIpc) is 3.75. The largest absolute Gasteiger partial charge is 0.449 e. The lowest BCUT2D eigenvalue weighted by Gasteiger charge is -2.37. The number of alkyl halides is 1. The molecular weight excluding hydrogens is 685 g/mol. The van der Waals surface area contributed by atoms with Crippen molar-refractivity contribution in [2.45, 2.75) is 123 Å². The van der Waals surface area contributed by atoms with E-state index in [4.69, 9.17) is 18.6 Å². The summed E-state index contributed by atoms with van der Waals surface area (Å²) < 4.78 is 35.2. The number of anilines is 1. The summed E-state index contributed by atoms with van der Waals surface area (Å²) in [6, 6.07) is 5.23. The minimum Gasteiger partial charge on any atom is -0.449 e. The number of halogens is 1. The summed E-state index contributed by atoms with van der Waals surface area (Å²) in [5.74, 6) is -1.68. The highest BCUT2D eigenvalue weighted by atomic mass is 19.1. The fourth-order valence-electron chi connectivity index (χ4n) is 8.06. The number of nitrogens with zero attached hydrogens (tertiary/aromatic N) is 1. The third kappa shape index (κ3) is 10.3. The zero-order valence-corrected chi connectivity index (χ0v) is 32.0. The molecule has 53 heavy (non-hydrogen) atoms. The molecule has 12 nitrogen and oxygen atoms in total. The summed E-state index contributed by atoms with van der Waals surface area (Å²) in [6.45, 7) is 9.58. The van der Waals surface area contributed by atoms with Crippen molar-refractivity contribution in [1.82, 2.24) is 10.2 Å². The van der Waals surface area contributed by atoms with Gasteiger partial charge in [-0.15, -0.1) is 0 Å². The van der Waals surface area contributed by atoms with Crippen LogP contribution in [0.15, 0.2) is 28.7 Å². The SMILES string of the molecule is CC(C)(C)OC(=O)NC(CF)[C@H]1CC[C@H](C(=O)N2CC[C@@H](C3CCCCC3)[C@H]2C(=O)Nc2ccc3oc(C(=O)OCOC(=O)C(C)(C)C)cc3c2)CC1. The summed E-state index contributed by atoms with van der Waals surface area (Å²) >= 11 is 0. The molecule has 1 unspecified atom stereocenters. The summed E-state index contributed by atoms with van der Waals surface area (Å²) in [7, 11) is 0. The van der Waals surface area contributed by atoms with Crippen LogP contribution >= 0.6 is 0 Å². The van der Waals surface area contributed by atoms with Gasteiger partial charge in [-0.25, -0.2) is 14.0 Å². The molecule has 5 rings (SSSR count). The number of hydrogen-bond donors (Lipinski definition) is 2. The Kier molecular flexibility index (Phi) is 12.8. The summed E-state index contributed by atoms with van der Waals surface area (Å²) in [5.41, 5.74) is -0.526. The quantitative estimate of drug-likeness (QED) is 0.186. The number of carbonyl (C=O) groups excluding carboxylic acids is 5. The van der Waals surface area contributed by atoms with E-state index >= 15 is 0 Å². The lowest BCUT2D eigenvalue weighted by atomic mass is 9.76. The second kappa shape index (κ2) is 16.9. The number of amides is 3. The molecule has 0 bridgehead atoms. The van der Waals surface area contributed by atoms with Gasteiger partial charge in [0.15, 0.2) is 0 Å². The van der Waals surface area contributed by atoms with Crippen LogP contribution in [-0.2, 0) is 28.6 Å².